The Bertz CT molecular complexity index is 792. The van der Waals surface area contributed by atoms with Crippen molar-refractivity contribution in [2.45, 2.75) is 13.8 Å². The average molecular weight is 572 g/mol. The predicted molar refractivity (Wildman–Crippen MR) is 115 cm³/mol. The molecule has 2 heterocycles. The largest absolute Gasteiger partial charge is 1.00 e. The van der Waals surface area contributed by atoms with Gasteiger partial charge in [0.1, 0.15) is 0 Å². The summed E-state index contributed by atoms with van der Waals surface area (Å²) in [6.45, 7) is 4.00. The number of rotatable bonds is 0. The van der Waals surface area contributed by atoms with E-state index in [4.69, 9.17) is 5.11 Å². The molecule has 0 bridgehead atoms. The molecule has 0 spiro atoms. The summed E-state index contributed by atoms with van der Waals surface area (Å²) in [6, 6.07) is 12.4. The van der Waals surface area contributed by atoms with Crippen molar-refractivity contribution >= 4 is 67.0 Å². The van der Waals surface area contributed by atoms with Gasteiger partial charge in [-0.2, -0.15) is 17.3 Å². The molecular formula is C17H19I2N4NaO. The minimum Gasteiger partial charge on any atom is -0.857 e. The third kappa shape index (κ3) is 7.92. The Balaban J connectivity index is 0.000000373. The minimum absolute atomic E-state index is 0. The second-order valence-corrected chi connectivity index (χ2v) is 6.69. The molecule has 0 aliphatic rings. The second kappa shape index (κ2) is 13.9. The van der Waals surface area contributed by atoms with Crippen LogP contribution in [-0.2, 0) is 0 Å². The summed E-state index contributed by atoms with van der Waals surface area (Å²) in [5.41, 5.74) is 2.21. The van der Waals surface area contributed by atoms with E-state index < -0.39 is 0 Å². The first-order chi connectivity index (χ1) is 11.7. The molecule has 8 heteroatoms. The van der Waals surface area contributed by atoms with E-state index >= 15 is 0 Å². The number of hydrogen-bond acceptors (Lipinski definition) is 3. The van der Waals surface area contributed by atoms with Gasteiger partial charge in [0.2, 0.25) is 0 Å². The Morgan fingerprint density at radius 2 is 1.12 bits per heavy atom. The molecule has 4 rings (SSSR count). The predicted octanol–water partition coefficient (Wildman–Crippen LogP) is 1.34. The molecule has 128 valence electrons. The Labute approximate surface area is 196 Å². The monoisotopic (exact) mass is 572 g/mol. The number of halogens is 2. The van der Waals surface area contributed by atoms with E-state index in [1.54, 1.807) is 0 Å². The standard InChI is InChI=1S/2C7H5IN2.C2H6.CH3O.Na/c2*8-6-2-1-5-4-9-10-7(5)3-6;2*1-2;/h2*1-4H,(H,9,10);1-2H3;1H3;/q;;;-1;+1. The molecule has 0 aliphatic heterocycles. The number of benzene rings is 2. The first-order valence-corrected chi connectivity index (χ1v) is 9.46. The normalized spacial score (nSPS) is 8.88. The number of fused-ring (bicyclic) bond motifs is 2. The van der Waals surface area contributed by atoms with Gasteiger partial charge in [0.15, 0.2) is 0 Å². The molecule has 0 saturated carbocycles. The number of aromatic amines is 2. The summed E-state index contributed by atoms with van der Waals surface area (Å²) in [4.78, 5) is 0. The van der Waals surface area contributed by atoms with E-state index in [9.17, 15) is 0 Å². The van der Waals surface area contributed by atoms with E-state index in [2.05, 4.69) is 102 Å². The van der Waals surface area contributed by atoms with Crippen molar-refractivity contribution in [3.63, 3.8) is 0 Å². The SMILES string of the molecule is CC.C[O-].Ic1ccc2cn[nH]c2c1.Ic1ccc2cn[nH]c2c1.[Na+]. The van der Waals surface area contributed by atoms with Crippen molar-refractivity contribution in [2.24, 2.45) is 0 Å². The van der Waals surface area contributed by atoms with Gasteiger partial charge in [-0.1, -0.05) is 26.0 Å². The zero-order chi connectivity index (χ0) is 17.9. The van der Waals surface area contributed by atoms with Gasteiger partial charge in [0.05, 0.1) is 23.4 Å². The van der Waals surface area contributed by atoms with Crippen molar-refractivity contribution in [2.75, 3.05) is 7.11 Å². The van der Waals surface area contributed by atoms with E-state index in [1.165, 1.54) is 17.9 Å². The van der Waals surface area contributed by atoms with Crippen LogP contribution < -0.4 is 34.7 Å². The Hall–Kier alpha value is -0.200. The van der Waals surface area contributed by atoms with Gasteiger partial charge in [-0.15, -0.1) is 0 Å². The molecule has 0 fully saturated rings. The fourth-order valence-corrected chi connectivity index (χ4v) is 2.80. The Kier molecular flexibility index (Phi) is 13.8. The maximum absolute atomic E-state index is 8.25. The first-order valence-electron chi connectivity index (χ1n) is 7.30. The Morgan fingerprint density at radius 1 is 0.760 bits per heavy atom. The van der Waals surface area contributed by atoms with Crippen molar-refractivity contribution in [1.82, 2.24) is 20.4 Å². The maximum atomic E-state index is 8.25. The molecule has 25 heavy (non-hydrogen) atoms. The van der Waals surface area contributed by atoms with Crippen molar-refractivity contribution in [3.05, 3.63) is 55.9 Å². The molecule has 2 N–H and O–H groups in total. The number of H-pyrrole nitrogens is 2. The van der Waals surface area contributed by atoms with Gasteiger partial charge in [-0.05, 0) is 69.4 Å². The summed E-state index contributed by atoms with van der Waals surface area (Å²) >= 11 is 4.56. The van der Waals surface area contributed by atoms with Gasteiger partial charge in [0.25, 0.3) is 0 Å². The van der Waals surface area contributed by atoms with Crippen LogP contribution in [0.1, 0.15) is 13.8 Å². The molecule has 4 aromatic rings. The van der Waals surface area contributed by atoms with Crippen molar-refractivity contribution in [1.29, 1.82) is 0 Å². The number of hydrogen-bond donors (Lipinski definition) is 2. The van der Waals surface area contributed by atoms with E-state index in [-0.39, 0.29) is 29.6 Å². The number of nitrogens with one attached hydrogen (secondary N) is 2. The van der Waals surface area contributed by atoms with E-state index in [0.717, 1.165) is 18.1 Å². The van der Waals surface area contributed by atoms with E-state index in [1.807, 2.05) is 26.2 Å². The second-order valence-electron chi connectivity index (χ2n) is 4.20. The molecular weight excluding hydrogens is 553 g/mol. The summed E-state index contributed by atoms with van der Waals surface area (Å²) in [6.07, 6.45) is 3.65. The summed E-state index contributed by atoms with van der Waals surface area (Å²) < 4.78 is 2.46. The van der Waals surface area contributed by atoms with Crippen LogP contribution in [0.4, 0.5) is 0 Å². The fraction of sp³-hybridized carbons (Fsp3) is 0.176. The molecule has 5 nitrogen and oxygen atoms in total. The molecule has 0 amide bonds. The quantitative estimate of drug-likeness (QED) is 0.247. The molecule has 2 aromatic heterocycles. The van der Waals surface area contributed by atoms with Crippen LogP contribution in [0, 0.1) is 7.14 Å². The zero-order valence-corrected chi connectivity index (χ0v) is 21.0. The van der Waals surface area contributed by atoms with Crippen LogP contribution in [0.5, 0.6) is 0 Å². The van der Waals surface area contributed by atoms with Gasteiger partial charge < -0.3 is 5.11 Å². The number of nitrogens with zero attached hydrogens (tertiary/aromatic N) is 2. The van der Waals surface area contributed by atoms with Gasteiger partial charge in [-0.25, -0.2) is 0 Å². The van der Waals surface area contributed by atoms with E-state index in [0.29, 0.717) is 0 Å². The smallest absolute Gasteiger partial charge is 0.857 e. The maximum Gasteiger partial charge on any atom is 1.00 e. The molecule has 0 radical (unpaired) electrons. The van der Waals surface area contributed by atoms with Gasteiger partial charge in [0, 0.05) is 17.9 Å². The van der Waals surface area contributed by atoms with Crippen LogP contribution in [-0.4, -0.2) is 27.5 Å². The summed E-state index contributed by atoms with van der Waals surface area (Å²) in [5, 5.41) is 24.2. The van der Waals surface area contributed by atoms with Crippen LogP contribution >= 0.6 is 45.2 Å². The summed E-state index contributed by atoms with van der Waals surface area (Å²) in [5.74, 6) is 0. The Morgan fingerprint density at radius 3 is 1.48 bits per heavy atom. The fourth-order valence-electron chi connectivity index (χ4n) is 1.82. The number of aromatic nitrogens is 4. The zero-order valence-electron chi connectivity index (χ0n) is 14.7. The topological polar surface area (TPSA) is 80.4 Å². The molecule has 0 aliphatic carbocycles. The van der Waals surface area contributed by atoms with Crippen molar-refractivity contribution < 1.29 is 34.7 Å². The first kappa shape index (κ1) is 24.8. The van der Waals surface area contributed by atoms with Crippen LogP contribution in [0.15, 0.2) is 48.8 Å². The average Bonchev–Trinajstić information content (AvgIpc) is 3.27. The minimum atomic E-state index is 0. The van der Waals surface area contributed by atoms with Crippen LogP contribution in [0.25, 0.3) is 21.8 Å². The van der Waals surface area contributed by atoms with Crippen LogP contribution in [0.2, 0.25) is 0 Å². The van der Waals surface area contributed by atoms with Crippen LogP contribution in [0.3, 0.4) is 0 Å². The molecule has 0 saturated heterocycles. The van der Waals surface area contributed by atoms with Gasteiger partial charge in [-0.3, -0.25) is 10.2 Å². The third-order valence-electron chi connectivity index (χ3n) is 2.81. The van der Waals surface area contributed by atoms with Crippen molar-refractivity contribution in [3.8, 4) is 0 Å². The molecule has 0 atom stereocenters. The summed E-state index contributed by atoms with van der Waals surface area (Å²) in [7, 11) is 0.750. The third-order valence-corrected chi connectivity index (χ3v) is 4.15. The molecule has 2 aromatic carbocycles. The molecule has 0 unspecified atom stereocenters. The van der Waals surface area contributed by atoms with Gasteiger partial charge >= 0.3 is 29.6 Å².